The van der Waals surface area contributed by atoms with Crippen molar-refractivity contribution in [2.45, 2.75) is 58.4 Å². The van der Waals surface area contributed by atoms with E-state index < -0.39 is 0 Å². The molecule has 0 aliphatic carbocycles. The van der Waals surface area contributed by atoms with E-state index in [2.05, 4.69) is 10.3 Å². The number of nitrogens with two attached hydrogens (primary N) is 1. The molecule has 2 aromatic carbocycles. The van der Waals surface area contributed by atoms with Crippen molar-refractivity contribution in [1.29, 1.82) is 5.26 Å². The van der Waals surface area contributed by atoms with Gasteiger partial charge in [0.1, 0.15) is 6.04 Å². The molecule has 3 N–H and O–H groups in total. The number of hydrogen-bond donors (Lipinski definition) is 2. The quantitative estimate of drug-likeness (QED) is 0.274. The number of nitrogens with zero attached hydrogens (tertiary/aromatic N) is 4. The number of likely N-dealkylation sites (tertiary alicyclic amines) is 2. The minimum Gasteiger partial charge on any atom is -0.369 e. The first kappa shape index (κ1) is 29.4. The van der Waals surface area contributed by atoms with Crippen LogP contribution in [0.5, 0.6) is 0 Å². The van der Waals surface area contributed by atoms with Gasteiger partial charge in [-0.15, -0.1) is 0 Å². The maximum atomic E-state index is 11.9. The molecule has 8 nitrogen and oxygen atoms in total. The number of aliphatic imine (C=N–C) groups is 1. The zero-order valence-corrected chi connectivity index (χ0v) is 22.1. The summed E-state index contributed by atoms with van der Waals surface area (Å²) in [5.74, 6) is 0.401. The van der Waals surface area contributed by atoms with Crippen molar-refractivity contribution < 1.29 is 9.59 Å². The number of nitrogens with one attached hydrogen (secondary N) is 1. The molecule has 2 aliphatic heterocycles. The van der Waals surface area contributed by atoms with Gasteiger partial charge in [-0.1, -0.05) is 80.9 Å². The summed E-state index contributed by atoms with van der Waals surface area (Å²) in [6.45, 7) is 6.82. The van der Waals surface area contributed by atoms with Gasteiger partial charge in [-0.3, -0.25) is 14.9 Å². The minimum atomic E-state index is -0.219. The second kappa shape index (κ2) is 16.7. The smallest absolute Gasteiger partial charge is 0.242 e. The van der Waals surface area contributed by atoms with Gasteiger partial charge in [-0.05, 0) is 36.8 Å². The molecule has 0 aromatic heterocycles. The average Bonchev–Trinajstić information content (AvgIpc) is 3.41. The summed E-state index contributed by atoms with van der Waals surface area (Å²) >= 11 is 0. The highest BCUT2D eigenvalue weighted by molar-refractivity contribution is 5.85. The molecule has 2 aromatic rings. The molecular formula is C29H40N6O2. The second-order valence-electron chi connectivity index (χ2n) is 8.69. The minimum absolute atomic E-state index is 0.111. The topological polar surface area (TPSA) is 115 Å². The van der Waals surface area contributed by atoms with Crippen molar-refractivity contribution in [3.8, 4) is 6.19 Å². The summed E-state index contributed by atoms with van der Waals surface area (Å²) in [7, 11) is 0. The summed E-state index contributed by atoms with van der Waals surface area (Å²) in [4.78, 5) is 31.6. The Bertz CT molecular complexity index is 974. The lowest BCUT2D eigenvalue weighted by Gasteiger charge is -2.23. The summed E-state index contributed by atoms with van der Waals surface area (Å²) < 4.78 is 0. The first-order chi connectivity index (χ1) is 18.1. The summed E-state index contributed by atoms with van der Waals surface area (Å²) in [5.41, 5.74) is 7.73. The third-order valence-corrected chi connectivity index (χ3v) is 6.14. The SMILES string of the molecule is CC.N#CNC(N)=NC(c1ccccc1)c1ccccc1.O=C(CN1CCCCCC1=O)N1CCCC1. The fourth-order valence-electron chi connectivity index (χ4n) is 4.28. The molecule has 2 fully saturated rings. The monoisotopic (exact) mass is 504 g/mol. The van der Waals surface area contributed by atoms with Gasteiger partial charge in [0.05, 0.1) is 6.54 Å². The molecule has 8 heteroatoms. The van der Waals surface area contributed by atoms with E-state index >= 15 is 0 Å². The van der Waals surface area contributed by atoms with Crippen molar-refractivity contribution in [2.75, 3.05) is 26.2 Å². The van der Waals surface area contributed by atoms with E-state index in [0.717, 1.165) is 62.9 Å². The first-order valence-corrected chi connectivity index (χ1v) is 13.2. The van der Waals surface area contributed by atoms with Gasteiger partial charge in [0, 0.05) is 26.1 Å². The molecule has 0 atom stereocenters. The van der Waals surface area contributed by atoms with Crippen LogP contribution in [0.15, 0.2) is 65.7 Å². The standard InChI is InChI=1S/C15H14N4.C12H20N2O2.C2H6/c16-11-18-15(17)19-14(12-7-3-1-4-8-12)13-9-5-2-6-10-13;15-11-6-2-1-3-9-14(11)10-12(16)13-7-4-5-8-13;1-2/h1-10,14H,(H3,17,18,19);1-10H2;1-2H3. The van der Waals surface area contributed by atoms with Crippen LogP contribution in [0.2, 0.25) is 0 Å². The normalized spacial score (nSPS) is 15.5. The molecule has 198 valence electrons. The Balaban J connectivity index is 0.000000247. The third kappa shape index (κ3) is 9.96. The molecule has 4 rings (SSSR count). The fraction of sp³-hybridized carbons (Fsp3) is 0.448. The van der Waals surface area contributed by atoms with Crippen LogP contribution in [0.25, 0.3) is 0 Å². The van der Waals surface area contributed by atoms with Gasteiger partial charge < -0.3 is 15.5 Å². The lowest BCUT2D eigenvalue weighted by molar-refractivity contribution is -0.139. The van der Waals surface area contributed by atoms with Crippen LogP contribution in [-0.2, 0) is 9.59 Å². The van der Waals surface area contributed by atoms with E-state index in [1.807, 2.05) is 79.4 Å². The van der Waals surface area contributed by atoms with Gasteiger partial charge in [0.2, 0.25) is 17.8 Å². The number of carbonyl (C=O) groups is 2. The molecule has 0 radical (unpaired) electrons. The van der Waals surface area contributed by atoms with E-state index in [1.165, 1.54) is 0 Å². The number of amides is 2. The number of guanidine groups is 1. The number of benzene rings is 2. The van der Waals surface area contributed by atoms with E-state index in [9.17, 15) is 9.59 Å². The predicted molar refractivity (Wildman–Crippen MR) is 147 cm³/mol. The van der Waals surface area contributed by atoms with Gasteiger partial charge in [-0.25, -0.2) is 4.99 Å². The molecule has 2 heterocycles. The van der Waals surface area contributed by atoms with E-state index in [0.29, 0.717) is 13.0 Å². The number of nitriles is 1. The summed E-state index contributed by atoms with van der Waals surface area (Å²) in [6.07, 6.45) is 7.74. The fourth-order valence-corrected chi connectivity index (χ4v) is 4.28. The van der Waals surface area contributed by atoms with Crippen molar-refractivity contribution >= 4 is 17.8 Å². The molecule has 0 saturated carbocycles. The highest BCUT2D eigenvalue weighted by Crippen LogP contribution is 2.25. The van der Waals surface area contributed by atoms with Crippen LogP contribution in [0.1, 0.15) is 69.5 Å². The Hall–Kier alpha value is -3.86. The van der Waals surface area contributed by atoms with Crippen LogP contribution in [0.3, 0.4) is 0 Å². The van der Waals surface area contributed by atoms with Crippen LogP contribution in [-0.4, -0.2) is 53.8 Å². The van der Waals surface area contributed by atoms with Crippen molar-refractivity contribution in [1.82, 2.24) is 15.1 Å². The van der Waals surface area contributed by atoms with Gasteiger partial charge in [0.15, 0.2) is 6.19 Å². The summed E-state index contributed by atoms with van der Waals surface area (Å²) in [6, 6.07) is 19.4. The van der Waals surface area contributed by atoms with E-state index in [-0.39, 0.29) is 23.8 Å². The number of carbonyl (C=O) groups excluding carboxylic acids is 2. The third-order valence-electron chi connectivity index (χ3n) is 6.14. The van der Waals surface area contributed by atoms with Crippen molar-refractivity contribution in [2.24, 2.45) is 10.7 Å². The Labute approximate surface area is 221 Å². The van der Waals surface area contributed by atoms with Crippen LogP contribution in [0.4, 0.5) is 0 Å². The Kier molecular flexibility index (Phi) is 13.3. The number of rotatable bonds is 5. The van der Waals surface area contributed by atoms with Gasteiger partial charge in [0.25, 0.3) is 0 Å². The zero-order valence-electron chi connectivity index (χ0n) is 22.1. The van der Waals surface area contributed by atoms with E-state index in [1.54, 1.807) is 11.1 Å². The molecule has 2 aliphatic rings. The average molecular weight is 505 g/mol. The molecule has 0 spiro atoms. The second-order valence-corrected chi connectivity index (χ2v) is 8.69. The van der Waals surface area contributed by atoms with Crippen LogP contribution in [0, 0.1) is 11.5 Å². The molecule has 0 bridgehead atoms. The lowest BCUT2D eigenvalue weighted by atomic mass is 9.99. The molecular weight excluding hydrogens is 464 g/mol. The van der Waals surface area contributed by atoms with Crippen LogP contribution >= 0.6 is 0 Å². The zero-order chi connectivity index (χ0) is 26.9. The lowest BCUT2D eigenvalue weighted by Crippen LogP contribution is -2.41. The maximum Gasteiger partial charge on any atom is 0.242 e. The van der Waals surface area contributed by atoms with Crippen molar-refractivity contribution in [3.05, 3.63) is 71.8 Å². The van der Waals surface area contributed by atoms with Gasteiger partial charge >= 0.3 is 0 Å². The Morgan fingerprint density at radius 2 is 1.49 bits per heavy atom. The van der Waals surface area contributed by atoms with Crippen molar-refractivity contribution in [3.63, 3.8) is 0 Å². The molecule has 37 heavy (non-hydrogen) atoms. The highest BCUT2D eigenvalue weighted by Gasteiger charge is 2.23. The predicted octanol–water partition coefficient (Wildman–Crippen LogP) is 4.20. The largest absolute Gasteiger partial charge is 0.369 e. The molecule has 0 unspecified atom stereocenters. The van der Waals surface area contributed by atoms with Crippen LogP contribution < -0.4 is 11.1 Å². The number of hydrogen-bond acceptors (Lipinski definition) is 4. The Morgan fingerprint density at radius 1 is 0.946 bits per heavy atom. The molecule has 2 amide bonds. The maximum absolute atomic E-state index is 11.9. The Morgan fingerprint density at radius 3 is 2.03 bits per heavy atom. The highest BCUT2D eigenvalue weighted by atomic mass is 16.2. The molecule has 2 saturated heterocycles. The van der Waals surface area contributed by atoms with Gasteiger partial charge in [-0.2, -0.15) is 5.26 Å². The van der Waals surface area contributed by atoms with E-state index in [4.69, 9.17) is 11.0 Å². The first-order valence-electron chi connectivity index (χ1n) is 13.2. The summed E-state index contributed by atoms with van der Waals surface area (Å²) in [5, 5.41) is 10.9.